The van der Waals surface area contributed by atoms with Crippen LogP contribution in [0.1, 0.15) is 51.2 Å². The lowest BCUT2D eigenvalue weighted by Crippen LogP contribution is -2.31. The number of fused-ring (bicyclic) bond motifs is 1. The molecule has 1 amide bonds. The van der Waals surface area contributed by atoms with Crippen molar-refractivity contribution >= 4 is 17.2 Å². The van der Waals surface area contributed by atoms with Crippen molar-refractivity contribution in [3.63, 3.8) is 0 Å². The smallest absolute Gasteiger partial charge is 0.344 e. The zero-order chi connectivity index (χ0) is 23.3. The first-order valence-corrected chi connectivity index (χ1v) is 10.3. The first-order chi connectivity index (χ1) is 14.9. The molecule has 3 heterocycles. The van der Waals surface area contributed by atoms with Gasteiger partial charge in [-0.3, -0.25) is 14.5 Å². The summed E-state index contributed by atoms with van der Waals surface area (Å²) in [7, 11) is 1.25. The maximum Gasteiger partial charge on any atom is 0.435 e. The van der Waals surface area contributed by atoms with E-state index < -0.39 is 35.7 Å². The highest BCUT2D eigenvalue weighted by atomic mass is 32.1. The van der Waals surface area contributed by atoms with Gasteiger partial charge in [-0.15, -0.1) is 11.3 Å². The molecular weight excluding hydrogens is 458 g/mol. The van der Waals surface area contributed by atoms with Crippen LogP contribution < -0.4 is 5.32 Å². The van der Waals surface area contributed by atoms with Crippen molar-refractivity contribution in [3.8, 4) is 10.4 Å². The minimum atomic E-state index is -4.67. The molecule has 0 radical (unpaired) electrons. The Hall–Kier alpha value is -2.89. The van der Waals surface area contributed by atoms with Gasteiger partial charge in [0.25, 0.3) is 5.91 Å². The molecule has 0 unspecified atom stereocenters. The summed E-state index contributed by atoms with van der Waals surface area (Å²) in [5.41, 5.74) is -1.27. The van der Waals surface area contributed by atoms with E-state index in [0.29, 0.717) is 29.3 Å². The Morgan fingerprint density at radius 3 is 2.50 bits per heavy atom. The molecular formula is C20H16F6N4OS. The van der Waals surface area contributed by atoms with Crippen molar-refractivity contribution in [3.05, 3.63) is 58.0 Å². The second-order valence-corrected chi connectivity index (χ2v) is 8.51. The molecule has 12 heteroatoms. The number of amides is 1. The van der Waals surface area contributed by atoms with E-state index in [1.807, 2.05) is 0 Å². The number of aromatic nitrogens is 3. The summed E-state index contributed by atoms with van der Waals surface area (Å²) >= 11 is 1.33. The largest absolute Gasteiger partial charge is 0.435 e. The van der Waals surface area contributed by atoms with Crippen LogP contribution in [0.3, 0.4) is 0 Å². The Morgan fingerprint density at radius 1 is 1.12 bits per heavy atom. The summed E-state index contributed by atoms with van der Waals surface area (Å²) < 4.78 is 78.5. The molecule has 1 N–H and O–H groups in total. The van der Waals surface area contributed by atoms with Gasteiger partial charge in [0.2, 0.25) is 0 Å². The molecule has 0 aromatic carbocycles. The van der Waals surface area contributed by atoms with Crippen LogP contribution in [-0.2, 0) is 25.8 Å². The molecule has 3 aromatic rings. The van der Waals surface area contributed by atoms with Gasteiger partial charge in [-0.2, -0.15) is 31.4 Å². The van der Waals surface area contributed by atoms with E-state index in [2.05, 4.69) is 15.4 Å². The lowest BCUT2D eigenvalue weighted by molar-refractivity contribution is -0.142. The van der Waals surface area contributed by atoms with Crippen LogP contribution in [0.25, 0.3) is 10.4 Å². The Kier molecular flexibility index (Phi) is 5.51. The number of alkyl halides is 6. The van der Waals surface area contributed by atoms with Gasteiger partial charge in [-0.1, -0.05) is 0 Å². The minimum Gasteiger partial charge on any atom is -0.344 e. The standard InChI is InChI=1S/C20H16F6N4OS/c1-30-13(9-17(29-30)20(24,25)26)18(31)28-12-3-2-4-14-11(12)8-15(32-14)10-5-6-27-16(7-10)19(21,22)23/h5-9,12H,2-4H2,1H3,(H,28,31)/t12-/m0/s1. The molecule has 1 aliphatic rings. The lowest BCUT2D eigenvalue weighted by Gasteiger charge is -2.23. The number of halogens is 6. The topological polar surface area (TPSA) is 59.8 Å². The number of carbonyl (C=O) groups excluding carboxylic acids is 1. The summed E-state index contributed by atoms with van der Waals surface area (Å²) in [6.07, 6.45) is -6.16. The average Bonchev–Trinajstić information content (AvgIpc) is 3.32. The Labute approximate surface area is 182 Å². The van der Waals surface area contributed by atoms with Crippen LogP contribution in [0.15, 0.2) is 30.5 Å². The molecule has 3 aromatic heterocycles. The molecule has 0 saturated carbocycles. The van der Waals surface area contributed by atoms with E-state index in [9.17, 15) is 31.1 Å². The van der Waals surface area contributed by atoms with E-state index >= 15 is 0 Å². The molecule has 170 valence electrons. The van der Waals surface area contributed by atoms with Crippen LogP contribution >= 0.6 is 11.3 Å². The average molecular weight is 474 g/mol. The Morgan fingerprint density at radius 2 is 1.84 bits per heavy atom. The number of rotatable bonds is 3. The van der Waals surface area contributed by atoms with Gasteiger partial charge in [0.1, 0.15) is 11.4 Å². The van der Waals surface area contributed by atoms with Gasteiger partial charge in [-0.25, -0.2) is 0 Å². The number of carbonyl (C=O) groups is 1. The van der Waals surface area contributed by atoms with E-state index in [4.69, 9.17) is 0 Å². The second-order valence-electron chi connectivity index (χ2n) is 7.37. The summed E-state index contributed by atoms with van der Waals surface area (Å²) in [5, 5.41) is 6.09. The molecule has 0 spiro atoms. The van der Waals surface area contributed by atoms with E-state index in [1.165, 1.54) is 24.5 Å². The Bertz CT molecular complexity index is 1160. The lowest BCUT2D eigenvalue weighted by atomic mass is 9.93. The normalized spacial score (nSPS) is 16.7. The summed E-state index contributed by atoms with van der Waals surface area (Å²) in [6.45, 7) is 0. The summed E-state index contributed by atoms with van der Waals surface area (Å²) in [5.74, 6) is -0.704. The van der Waals surface area contributed by atoms with E-state index in [-0.39, 0.29) is 5.69 Å². The second kappa shape index (κ2) is 7.91. The molecule has 4 rings (SSSR count). The molecule has 0 saturated heterocycles. The number of nitrogens with one attached hydrogen (secondary N) is 1. The molecule has 1 aliphatic carbocycles. The summed E-state index contributed by atoms with van der Waals surface area (Å²) in [4.78, 5) is 17.5. The highest BCUT2D eigenvalue weighted by Crippen LogP contribution is 2.41. The number of nitrogens with zero attached hydrogens (tertiary/aromatic N) is 3. The predicted molar refractivity (Wildman–Crippen MR) is 104 cm³/mol. The van der Waals surface area contributed by atoms with Crippen LogP contribution in [0.4, 0.5) is 26.3 Å². The first-order valence-electron chi connectivity index (χ1n) is 9.52. The summed E-state index contributed by atoms with van der Waals surface area (Å²) in [6, 6.07) is 4.40. The fraction of sp³-hybridized carbons (Fsp3) is 0.350. The quantitative estimate of drug-likeness (QED) is 0.518. The third-order valence-electron chi connectivity index (χ3n) is 5.16. The molecule has 0 aliphatic heterocycles. The van der Waals surface area contributed by atoms with Crippen molar-refractivity contribution in [1.29, 1.82) is 0 Å². The number of hydrogen-bond donors (Lipinski definition) is 1. The van der Waals surface area contributed by atoms with Crippen LogP contribution in [0.5, 0.6) is 0 Å². The predicted octanol–water partition coefficient (Wildman–Crippen LogP) is 5.39. The fourth-order valence-corrected chi connectivity index (χ4v) is 4.90. The van der Waals surface area contributed by atoms with Crippen molar-refractivity contribution < 1.29 is 31.1 Å². The van der Waals surface area contributed by atoms with Gasteiger partial charge in [0.05, 0.1) is 6.04 Å². The van der Waals surface area contributed by atoms with Crippen LogP contribution in [0, 0.1) is 0 Å². The maximum atomic E-state index is 13.0. The molecule has 5 nitrogen and oxygen atoms in total. The van der Waals surface area contributed by atoms with Gasteiger partial charge in [-0.05, 0) is 48.6 Å². The third kappa shape index (κ3) is 4.36. The minimum absolute atomic E-state index is 0.233. The van der Waals surface area contributed by atoms with Crippen molar-refractivity contribution in [1.82, 2.24) is 20.1 Å². The number of thiophene rings is 1. The molecule has 0 fully saturated rings. The Balaban J connectivity index is 1.60. The van der Waals surface area contributed by atoms with Crippen molar-refractivity contribution in [2.75, 3.05) is 0 Å². The first kappa shape index (κ1) is 22.3. The van der Waals surface area contributed by atoms with Crippen LogP contribution in [-0.4, -0.2) is 20.7 Å². The molecule has 0 bridgehead atoms. The van der Waals surface area contributed by atoms with Gasteiger partial charge < -0.3 is 5.32 Å². The van der Waals surface area contributed by atoms with Gasteiger partial charge in [0.15, 0.2) is 5.69 Å². The number of pyridine rings is 1. The zero-order valence-electron chi connectivity index (χ0n) is 16.5. The van der Waals surface area contributed by atoms with Crippen molar-refractivity contribution in [2.24, 2.45) is 7.05 Å². The number of aryl methyl sites for hydroxylation is 2. The highest BCUT2D eigenvalue weighted by molar-refractivity contribution is 7.15. The molecule has 32 heavy (non-hydrogen) atoms. The monoisotopic (exact) mass is 474 g/mol. The zero-order valence-corrected chi connectivity index (χ0v) is 17.3. The van der Waals surface area contributed by atoms with Crippen LogP contribution in [0.2, 0.25) is 0 Å². The van der Waals surface area contributed by atoms with Gasteiger partial charge in [0, 0.05) is 29.1 Å². The SMILES string of the molecule is Cn1nc(C(F)(F)F)cc1C(=O)N[C@H]1CCCc2sc(-c3ccnc(C(F)(F)F)c3)cc21. The van der Waals surface area contributed by atoms with E-state index in [1.54, 1.807) is 6.07 Å². The van der Waals surface area contributed by atoms with Gasteiger partial charge >= 0.3 is 12.4 Å². The highest BCUT2D eigenvalue weighted by Gasteiger charge is 2.36. The number of hydrogen-bond acceptors (Lipinski definition) is 4. The third-order valence-corrected chi connectivity index (χ3v) is 6.42. The van der Waals surface area contributed by atoms with Crippen molar-refractivity contribution in [2.45, 2.75) is 37.7 Å². The van der Waals surface area contributed by atoms with E-state index in [0.717, 1.165) is 33.8 Å². The molecule has 1 atom stereocenters. The maximum absolute atomic E-state index is 13.0. The fourth-order valence-electron chi connectivity index (χ4n) is 3.64.